The molecule has 0 unspecified atom stereocenters. The van der Waals surface area contributed by atoms with E-state index in [1.54, 1.807) is 37.2 Å². The molecular weight excluding hydrogens is 445 g/mol. The van der Waals surface area contributed by atoms with Gasteiger partial charge in [0.05, 0.1) is 40.2 Å². The maximum absolute atomic E-state index is 15.9. The Hall–Kier alpha value is -4.73. The monoisotopic (exact) mass is 465 g/mol. The Bertz CT molecular complexity index is 1670. The van der Waals surface area contributed by atoms with E-state index < -0.39 is 5.82 Å². The Kier molecular flexibility index (Phi) is 4.91. The van der Waals surface area contributed by atoms with Crippen LogP contribution in [0.15, 0.2) is 61.4 Å². The molecule has 0 aliphatic carbocycles. The molecule has 0 aliphatic rings. The molecule has 35 heavy (non-hydrogen) atoms. The molecule has 0 saturated carbocycles. The molecule has 0 radical (unpaired) electrons. The lowest BCUT2D eigenvalue weighted by Crippen LogP contribution is -2.09. The summed E-state index contributed by atoms with van der Waals surface area (Å²) >= 11 is 0. The summed E-state index contributed by atoms with van der Waals surface area (Å²) in [4.78, 5) is 25.3. The van der Waals surface area contributed by atoms with Crippen molar-refractivity contribution in [3.63, 3.8) is 0 Å². The van der Waals surface area contributed by atoms with Crippen LogP contribution >= 0.6 is 0 Å². The van der Waals surface area contributed by atoms with Crippen LogP contribution < -0.4 is 5.32 Å². The minimum atomic E-state index is -0.502. The van der Waals surface area contributed by atoms with Crippen molar-refractivity contribution >= 4 is 27.6 Å². The van der Waals surface area contributed by atoms with Crippen molar-refractivity contribution in [2.45, 2.75) is 19.9 Å². The quantitative estimate of drug-likeness (QED) is 0.328. The largest absolute Gasteiger partial charge is 0.382 e. The molecule has 6 aromatic heterocycles. The molecule has 172 valence electrons. The summed E-state index contributed by atoms with van der Waals surface area (Å²) < 4.78 is 15.9. The van der Waals surface area contributed by atoms with Gasteiger partial charge in [0.2, 0.25) is 0 Å². The van der Waals surface area contributed by atoms with Crippen LogP contribution in [0.2, 0.25) is 0 Å². The average Bonchev–Trinajstić information content (AvgIpc) is 3.49. The van der Waals surface area contributed by atoms with Crippen molar-refractivity contribution in [1.82, 2.24) is 40.1 Å². The van der Waals surface area contributed by atoms with Crippen molar-refractivity contribution < 1.29 is 4.39 Å². The number of anilines is 1. The van der Waals surface area contributed by atoms with Crippen molar-refractivity contribution in [3.05, 3.63) is 67.3 Å². The van der Waals surface area contributed by atoms with Gasteiger partial charge in [-0.3, -0.25) is 25.0 Å². The van der Waals surface area contributed by atoms with Gasteiger partial charge in [-0.05, 0) is 32.0 Å². The lowest BCUT2D eigenvalue weighted by molar-refractivity contribution is 0.638. The second-order valence-electron chi connectivity index (χ2n) is 8.43. The zero-order valence-electron chi connectivity index (χ0n) is 18.9. The van der Waals surface area contributed by atoms with E-state index in [0.717, 1.165) is 16.9 Å². The van der Waals surface area contributed by atoms with Crippen LogP contribution in [-0.4, -0.2) is 46.1 Å². The lowest BCUT2D eigenvalue weighted by Gasteiger charge is -2.11. The Morgan fingerprint density at radius 1 is 0.943 bits per heavy atom. The molecule has 0 bridgehead atoms. The highest BCUT2D eigenvalue weighted by Crippen LogP contribution is 2.34. The molecule has 6 aromatic rings. The number of halogens is 1. The van der Waals surface area contributed by atoms with Crippen LogP contribution in [0, 0.1) is 5.82 Å². The van der Waals surface area contributed by atoms with Crippen LogP contribution in [0.25, 0.3) is 56.0 Å². The summed E-state index contributed by atoms with van der Waals surface area (Å²) in [6.45, 7) is 4.05. The van der Waals surface area contributed by atoms with E-state index in [-0.39, 0.29) is 11.7 Å². The maximum atomic E-state index is 15.9. The first kappa shape index (κ1) is 20.8. The number of hydrogen-bond donors (Lipinski definition) is 3. The van der Waals surface area contributed by atoms with Gasteiger partial charge in [-0.25, -0.2) is 9.37 Å². The molecule has 0 amide bonds. The van der Waals surface area contributed by atoms with Crippen molar-refractivity contribution in [2.75, 3.05) is 5.32 Å². The number of aromatic amines is 2. The van der Waals surface area contributed by atoms with Gasteiger partial charge >= 0.3 is 0 Å². The highest BCUT2D eigenvalue weighted by atomic mass is 19.1. The number of rotatable bonds is 5. The normalized spacial score (nSPS) is 11.5. The summed E-state index contributed by atoms with van der Waals surface area (Å²) in [6.07, 6.45) is 9.96. The Morgan fingerprint density at radius 2 is 1.83 bits per heavy atom. The van der Waals surface area contributed by atoms with Gasteiger partial charge in [0.25, 0.3) is 0 Å². The fraction of sp³-hybridized carbons (Fsp3) is 0.120. The molecule has 0 aliphatic heterocycles. The first-order valence-electron chi connectivity index (χ1n) is 11.1. The summed E-state index contributed by atoms with van der Waals surface area (Å²) in [5.41, 5.74) is 5.26. The van der Waals surface area contributed by atoms with Crippen molar-refractivity contribution in [3.8, 4) is 34.0 Å². The number of pyridine rings is 4. The molecule has 0 saturated heterocycles. The van der Waals surface area contributed by atoms with Gasteiger partial charge in [0, 0.05) is 42.0 Å². The third-order valence-corrected chi connectivity index (χ3v) is 5.57. The molecule has 6 rings (SSSR count). The van der Waals surface area contributed by atoms with E-state index in [0.29, 0.717) is 39.0 Å². The second-order valence-corrected chi connectivity index (χ2v) is 8.43. The van der Waals surface area contributed by atoms with Gasteiger partial charge < -0.3 is 10.3 Å². The molecule has 6 heterocycles. The SMILES string of the molecule is CC(C)Nc1cncc(-c2ncc3[nH]nc(-c4nc5c(-c6ccccn6)cncc5[nH]4)c3c2F)c1. The fourth-order valence-electron chi connectivity index (χ4n) is 4.08. The molecule has 0 atom stereocenters. The third-order valence-electron chi connectivity index (χ3n) is 5.57. The number of nitrogens with zero attached hydrogens (tertiary/aromatic N) is 6. The zero-order valence-corrected chi connectivity index (χ0v) is 18.9. The molecule has 0 fully saturated rings. The number of H-pyrrole nitrogens is 2. The smallest absolute Gasteiger partial charge is 0.161 e. The summed E-state index contributed by atoms with van der Waals surface area (Å²) in [5, 5.41) is 10.8. The third kappa shape index (κ3) is 3.65. The summed E-state index contributed by atoms with van der Waals surface area (Å²) in [5.74, 6) is -0.0842. The second kappa shape index (κ2) is 8.24. The number of hydrogen-bond acceptors (Lipinski definition) is 7. The molecular formula is C25H20FN9. The Labute approximate surface area is 198 Å². The molecule has 0 spiro atoms. The Balaban J connectivity index is 1.49. The fourth-order valence-corrected chi connectivity index (χ4v) is 4.08. The molecule has 0 aromatic carbocycles. The molecule has 10 heteroatoms. The van der Waals surface area contributed by atoms with E-state index >= 15 is 4.39 Å². The van der Waals surface area contributed by atoms with Crippen molar-refractivity contribution in [2.24, 2.45) is 0 Å². The number of nitrogens with one attached hydrogen (secondary N) is 3. The van der Waals surface area contributed by atoms with Gasteiger partial charge in [0.15, 0.2) is 11.6 Å². The predicted molar refractivity (Wildman–Crippen MR) is 132 cm³/mol. The van der Waals surface area contributed by atoms with E-state index in [4.69, 9.17) is 4.98 Å². The highest BCUT2D eigenvalue weighted by Gasteiger charge is 2.21. The van der Waals surface area contributed by atoms with E-state index in [1.165, 1.54) is 0 Å². The first-order chi connectivity index (χ1) is 17.1. The number of fused-ring (bicyclic) bond motifs is 2. The van der Waals surface area contributed by atoms with Gasteiger partial charge in [-0.15, -0.1) is 0 Å². The highest BCUT2D eigenvalue weighted by molar-refractivity contribution is 5.97. The van der Waals surface area contributed by atoms with Gasteiger partial charge in [0.1, 0.15) is 16.9 Å². The molecule has 3 N–H and O–H groups in total. The Morgan fingerprint density at radius 3 is 2.66 bits per heavy atom. The van der Waals surface area contributed by atoms with Crippen LogP contribution in [0.1, 0.15) is 13.8 Å². The first-order valence-corrected chi connectivity index (χ1v) is 11.1. The minimum Gasteiger partial charge on any atom is -0.382 e. The van der Waals surface area contributed by atoms with Crippen molar-refractivity contribution in [1.29, 1.82) is 0 Å². The number of aromatic nitrogens is 8. The minimum absolute atomic E-state index is 0.187. The van der Waals surface area contributed by atoms with Crippen LogP contribution in [0.3, 0.4) is 0 Å². The van der Waals surface area contributed by atoms with E-state index in [1.807, 2.05) is 38.1 Å². The summed E-state index contributed by atoms with van der Waals surface area (Å²) in [7, 11) is 0. The van der Waals surface area contributed by atoms with E-state index in [9.17, 15) is 0 Å². The van der Waals surface area contributed by atoms with Crippen LogP contribution in [0.4, 0.5) is 10.1 Å². The number of imidazole rings is 1. The van der Waals surface area contributed by atoms with Crippen LogP contribution in [0.5, 0.6) is 0 Å². The zero-order chi connectivity index (χ0) is 23.9. The average molecular weight is 465 g/mol. The lowest BCUT2D eigenvalue weighted by atomic mass is 10.1. The topological polar surface area (TPSA) is 121 Å². The predicted octanol–water partition coefficient (Wildman–Crippen LogP) is 4.98. The van der Waals surface area contributed by atoms with Gasteiger partial charge in [-0.2, -0.15) is 5.10 Å². The van der Waals surface area contributed by atoms with Gasteiger partial charge in [-0.1, -0.05) is 6.07 Å². The maximum Gasteiger partial charge on any atom is 0.161 e. The molecule has 9 nitrogen and oxygen atoms in total. The van der Waals surface area contributed by atoms with Crippen LogP contribution in [-0.2, 0) is 0 Å². The standard InChI is InChI=1S/C25H20FN9/c1-13(2)31-15-7-14(8-27-9-15)22-21(26)20-18(12-30-22)34-35-24(20)25-32-19-11-28-10-16(23(19)33-25)17-5-3-4-6-29-17/h3-13,31H,1-2H3,(H,32,33)(H,34,35). The van der Waals surface area contributed by atoms with E-state index in [2.05, 4.69) is 40.4 Å². The summed E-state index contributed by atoms with van der Waals surface area (Å²) in [6, 6.07) is 7.69.